The van der Waals surface area contributed by atoms with E-state index in [1.165, 1.54) is 30.2 Å². The van der Waals surface area contributed by atoms with Gasteiger partial charge in [-0.15, -0.1) is 0 Å². The van der Waals surface area contributed by atoms with Crippen molar-refractivity contribution in [3.05, 3.63) is 112 Å². The van der Waals surface area contributed by atoms with E-state index in [9.17, 15) is 24.5 Å². The molecule has 1 spiro atoms. The number of non-ortho nitro benzene ring substituents is 1. The number of nitro groups is 1. The second-order valence-corrected chi connectivity index (χ2v) is 9.79. The number of fused-ring (bicyclic) bond motifs is 3. The third-order valence-corrected chi connectivity index (χ3v) is 8.10. The Morgan fingerprint density at radius 3 is 2.50 bits per heavy atom. The van der Waals surface area contributed by atoms with E-state index in [-0.39, 0.29) is 29.9 Å². The number of carbonyl (C=O) groups is 3. The molecule has 0 unspecified atom stereocenters. The third kappa shape index (κ3) is 3.15. The molecule has 2 aliphatic carbocycles. The molecule has 6 rings (SSSR count). The Morgan fingerprint density at radius 1 is 1.08 bits per heavy atom. The number of rotatable bonds is 6. The standard InChI is InChI=1S/C29H23N3O6/c1-38-16-31-27-21(8-5-15-30-27)29(28(31)35)24(17-9-11-19(12-10-17)32(36)37)23-20(13-14-22(23)33)25(29)26(34)18-6-3-2-4-7-18/h2-15,20,23-25H,16H2,1H3/t20-,23-,24-,25-,29+/m1/s1. The fourth-order valence-corrected chi connectivity index (χ4v) is 6.77. The number of anilines is 1. The number of hydrogen-bond acceptors (Lipinski definition) is 7. The first-order valence-corrected chi connectivity index (χ1v) is 12.2. The Bertz CT molecular complexity index is 1500. The van der Waals surface area contributed by atoms with E-state index in [0.29, 0.717) is 22.5 Å². The molecule has 1 aliphatic heterocycles. The molecule has 190 valence electrons. The molecule has 1 saturated carbocycles. The first kappa shape index (κ1) is 23.9. The molecule has 2 aromatic carbocycles. The molecule has 9 nitrogen and oxygen atoms in total. The minimum atomic E-state index is -1.47. The Morgan fingerprint density at radius 2 is 1.82 bits per heavy atom. The highest BCUT2D eigenvalue weighted by Crippen LogP contribution is 2.66. The van der Waals surface area contributed by atoms with Crippen LogP contribution < -0.4 is 4.90 Å². The van der Waals surface area contributed by atoms with E-state index in [1.807, 2.05) is 6.07 Å². The lowest BCUT2D eigenvalue weighted by Gasteiger charge is -2.36. The van der Waals surface area contributed by atoms with Gasteiger partial charge in [-0.2, -0.15) is 0 Å². The highest BCUT2D eigenvalue weighted by Gasteiger charge is 2.72. The number of ether oxygens (including phenoxy) is 1. The monoisotopic (exact) mass is 509 g/mol. The van der Waals surface area contributed by atoms with Crippen molar-refractivity contribution >= 4 is 29.0 Å². The molecular formula is C29H23N3O6. The lowest BCUT2D eigenvalue weighted by molar-refractivity contribution is -0.384. The Hall–Kier alpha value is -4.50. The molecule has 1 fully saturated rings. The number of pyridine rings is 1. The molecule has 38 heavy (non-hydrogen) atoms. The van der Waals surface area contributed by atoms with Gasteiger partial charge in [-0.05, 0) is 23.6 Å². The second kappa shape index (κ2) is 8.81. The van der Waals surface area contributed by atoms with Crippen molar-refractivity contribution in [1.82, 2.24) is 4.98 Å². The summed E-state index contributed by atoms with van der Waals surface area (Å²) in [6.45, 7) is -0.0804. The zero-order chi connectivity index (χ0) is 26.6. The second-order valence-electron chi connectivity index (χ2n) is 9.79. The maximum Gasteiger partial charge on any atom is 0.269 e. The van der Waals surface area contributed by atoms with Crippen LogP contribution in [0.2, 0.25) is 0 Å². The third-order valence-electron chi connectivity index (χ3n) is 8.10. The molecule has 0 bridgehead atoms. The summed E-state index contributed by atoms with van der Waals surface area (Å²) in [6.07, 6.45) is 4.81. The van der Waals surface area contributed by atoms with Crippen molar-refractivity contribution < 1.29 is 24.0 Å². The molecule has 1 amide bonds. The Balaban J connectivity index is 1.65. The predicted octanol–water partition coefficient (Wildman–Crippen LogP) is 3.85. The number of allylic oxidation sites excluding steroid dienone is 2. The molecule has 3 aliphatic rings. The first-order valence-electron chi connectivity index (χ1n) is 12.2. The van der Waals surface area contributed by atoms with E-state index in [0.717, 1.165) is 0 Å². The normalized spacial score (nSPS) is 27.1. The number of hydrogen-bond donors (Lipinski definition) is 0. The van der Waals surface area contributed by atoms with Crippen LogP contribution in [0, 0.1) is 27.9 Å². The summed E-state index contributed by atoms with van der Waals surface area (Å²) in [5.74, 6) is -3.32. The quantitative estimate of drug-likeness (QED) is 0.281. The van der Waals surface area contributed by atoms with Crippen LogP contribution in [-0.2, 0) is 19.7 Å². The number of methoxy groups -OCH3 is 1. The van der Waals surface area contributed by atoms with Gasteiger partial charge in [0.1, 0.15) is 12.5 Å². The van der Waals surface area contributed by atoms with Crippen LogP contribution in [0.5, 0.6) is 0 Å². The molecule has 3 aromatic rings. The van der Waals surface area contributed by atoms with Crippen molar-refractivity contribution in [1.29, 1.82) is 0 Å². The van der Waals surface area contributed by atoms with Gasteiger partial charge in [-0.1, -0.05) is 54.6 Å². The first-order chi connectivity index (χ1) is 18.4. The maximum atomic E-state index is 14.6. The summed E-state index contributed by atoms with van der Waals surface area (Å²) in [5.41, 5.74) is -0.00757. The highest BCUT2D eigenvalue weighted by atomic mass is 16.6. The molecule has 0 radical (unpaired) electrons. The highest BCUT2D eigenvalue weighted by molar-refractivity contribution is 6.15. The molecule has 9 heteroatoms. The summed E-state index contributed by atoms with van der Waals surface area (Å²) >= 11 is 0. The summed E-state index contributed by atoms with van der Waals surface area (Å²) < 4.78 is 5.36. The molecule has 1 aromatic heterocycles. The number of aromatic nitrogens is 1. The number of nitro benzene ring substituents is 1. The predicted molar refractivity (Wildman–Crippen MR) is 137 cm³/mol. The Labute approximate surface area is 217 Å². The molecule has 0 saturated heterocycles. The largest absolute Gasteiger partial charge is 0.364 e. The number of amides is 1. The number of Topliss-reactive ketones (excluding diaryl/α,β-unsaturated/α-hetero) is 1. The average Bonchev–Trinajstić information content (AvgIpc) is 3.54. The average molecular weight is 510 g/mol. The van der Waals surface area contributed by atoms with E-state index in [2.05, 4.69) is 4.98 Å². The van der Waals surface area contributed by atoms with Crippen LogP contribution in [-0.4, -0.2) is 41.2 Å². The van der Waals surface area contributed by atoms with Crippen molar-refractivity contribution in [3.8, 4) is 0 Å². The van der Waals surface area contributed by atoms with Gasteiger partial charge in [-0.25, -0.2) is 4.98 Å². The van der Waals surface area contributed by atoms with Crippen LogP contribution >= 0.6 is 0 Å². The van der Waals surface area contributed by atoms with Crippen LogP contribution in [0.25, 0.3) is 0 Å². The summed E-state index contributed by atoms with van der Waals surface area (Å²) in [4.78, 5) is 59.2. The van der Waals surface area contributed by atoms with Gasteiger partial charge >= 0.3 is 0 Å². The number of benzene rings is 2. The fraction of sp³-hybridized carbons (Fsp3) is 0.241. The van der Waals surface area contributed by atoms with Gasteiger partial charge in [0.15, 0.2) is 11.6 Å². The van der Waals surface area contributed by atoms with Crippen molar-refractivity contribution in [3.63, 3.8) is 0 Å². The van der Waals surface area contributed by atoms with E-state index < -0.39 is 34.0 Å². The van der Waals surface area contributed by atoms with Gasteiger partial charge in [0.25, 0.3) is 5.69 Å². The van der Waals surface area contributed by atoms with Gasteiger partial charge < -0.3 is 4.74 Å². The smallest absolute Gasteiger partial charge is 0.269 e. The van der Waals surface area contributed by atoms with Crippen molar-refractivity contribution in [2.45, 2.75) is 11.3 Å². The molecule has 0 N–H and O–H groups in total. The Kier molecular flexibility index (Phi) is 5.53. The van der Waals surface area contributed by atoms with Gasteiger partial charge in [-0.3, -0.25) is 29.4 Å². The lowest BCUT2D eigenvalue weighted by atomic mass is 9.62. The minimum Gasteiger partial charge on any atom is -0.364 e. The van der Waals surface area contributed by atoms with Crippen LogP contribution in [0.1, 0.15) is 27.4 Å². The lowest BCUT2D eigenvalue weighted by Crippen LogP contribution is -2.50. The SMILES string of the molecule is COCN1C(=O)[C@@]2(c3cccnc31)[C@H](c1ccc([N+](=O)[O-])cc1)[C@H]1C(=O)C=C[C@H]1[C@@H]2C(=O)c1ccccc1. The summed E-state index contributed by atoms with van der Waals surface area (Å²) in [7, 11) is 1.47. The molecule has 2 heterocycles. The topological polar surface area (TPSA) is 120 Å². The minimum absolute atomic E-state index is 0.0804. The number of carbonyl (C=O) groups excluding carboxylic acids is 3. The van der Waals surface area contributed by atoms with Crippen LogP contribution in [0.15, 0.2) is 85.1 Å². The summed E-state index contributed by atoms with van der Waals surface area (Å²) in [5, 5.41) is 11.4. The zero-order valence-corrected chi connectivity index (χ0v) is 20.4. The molecule has 5 atom stereocenters. The summed E-state index contributed by atoms with van der Waals surface area (Å²) in [6, 6.07) is 18.2. The molecular weight excluding hydrogens is 486 g/mol. The van der Waals surface area contributed by atoms with Gasteiger partial charge in [0, 0.05) is 54.3 Å². The number of ketones is 2. The zero-order valence-electron chi connectivity index (χ0n) is 20.4. The van der Waals surface area contributed by atoms with E-state index >= 15 is 0 Å². The van der Waals surface area contributed by atoms with Gasteiger partial charge in [0.2, 0.25) is 5.91 Å². The maximum absolute atomic E-state index is 14.6. The van der Waals surface area contributed by atoms with E-state index in [1.54, 1.807) is 60.8 Å². The number of nitrogens with zero attached hydrogens (tertiary/aromatic N) is 3. The van der Waals surface area contributed by atoms with Crippen molar-refractivity contribution in [2.24, 2.45) is 17.8 Å². The van der Waals surface area contributed by atoms with Crippen LogP contribution in [0.3, 0.4) is 0 Å². The fourth-order valence-electron chi connectivity index (χ4n) is 6.77. The van der Waals surface area contributed by atoms with E-state index in [4.69, 9.17) is 4.74 Å². The van der Waals surface area contributed by atoms with Crippen LogP contribution in [0.4, 0.5) is 11.5 Å². The van der Waals surface area contributed by atoms with Gasteiger partial charge in [0.05, 0.1) is 10.3 Å². The van der Waals surface area contributed by atoms with Crippen molar-refractivity contribution in [2.75, 3.05) is 18.7 Å².